The molecule has 0 saturated heterocycles. The number of aryl methyl sites for hydroxylation is 1. The zero-order valence-electron chi connectivity index (χ0n) is 14.2. The van der Waals surface area contributed by atoms with Crippen molar-refractivity contribution < 1.29 is 9.21 Å². The smallest absolute Gasteiger partial charge is 0.252 e. The first-order chi connectivity index (χ1) is 12.7. The lowest BCUT2D eigenvalue weighted by Crippen LogP contribution is -2.21. The largest absolute Gasteiger partial charge is 0.469 e. The molecular formula is C20H16N4O2. The molecule has 1 aliphatic carbocycles. The summed E-state index contributed by atoms with van der Waals surface area (Å²) in [5.74, 6) is 2.03. The molecule has 0 saturated carbocycles. The van der Waals surface area contributed by atoms with Crippen molar-refractivity contribution in [3.05, 3.63) is 71.4 Å². The van der Waals surface area contributed by atoms with Gasteiger partial charge < -0.3 is 4.42 Å². The summed E-state index contributed by atoms with van der Waals surface area (Å²) >= 11 is 0. The van der Waals surface area contributed by atoms with Crippen LogP contribution in [0.25, 0.3) is 17.2 Å². The normalized spacial score (nSPS) is 16.8. The minimum atomic E-state index is 0.0273. The van der Waals surface area contributed by atoms with E-state index < -0.39 is 0 Å². The number of Topliss-reactive ketones (excluding diaryl/α,β-unsaturated/α-hetero) is 1. The molecule has 1 aromatic carbocycles. The predicted octanol–water partition coefficient (Wildman–Crippen LogP) is 3.61. The van der Waals surface area contributed by atoms with Gasteiger partial charge in [0.15, 0.2) is 11.6 Å². The van der Waals surface area contributed by atoms with Gasteiger partial charge in [-0.3, -0.25) is 4.79 Å². The fourth-order valence-electron chi connectivity index (χ4n) is 3.43. The fraction of sp³-hybridized carbons (Fsp3) is 0.200. The number of furan rings is 1. The molecule has 5 rings (SSSR count). The first-order valence-electron chi connectivity index (χ1n) is 8.57. The lowest BCUT2D eigenvalue weighted by molar-refractivity contribution is 0.0958. The minimum Gasteiger partial charge on any atom is -0.469 e. The number of carbonyl (C=O) groups is 1. The lowest BCUT2D eigenvalue weighted by Gasteiger charge is -2.20. The summed E-state index contributed by atoms with van der Waals surface area (Å²) in [6, 6.07) is 11.8. The van der Waals surface area contributed by atoms with Gasteiger partial charge in [0, 0.05) is 30.5 Å². The van der Waals surface area contributed by atoms with Crippen LogP contribution in [0, 0.1) is 6.92 Å². The number of rotatable bonds is 2. The highest BCUT2D eigenvalue weighted by molar-refractivity contribution is 5.98. The van der Waals surface area contributed by atoms with Crippen molar-refractivity contribution in [3.8, 4) is 11.4 Å². The van der Waals surface area contributed by atoms with E-state index in [-0.39, 0.29) is 11.7 Å². The van der Waals surface area contributed by atoms with E-state index in [0.29, 0.717) is 30.0 Å². The van der Waals surface area contributed by atoms with Gasteiger partial charge in [-0.2, -0.15) is 4.98 Å². The lowest BCUT2D eigenvalue weighted by atomic mass is 9.85. The number of hydrogen-bond donors (Lipinski definition) is 0. The third-order valence-corrected chi connectivity index (χ3v) is 4.84. The second kappa shape index (κ2) is 5.62. The van der Waals surface area contributed by atoms with E-state index in [1.54, 1.807) is 17.0 Å². The van der Waals surface area contributed by atoms with Gasteiger partial charge in [-0.1, -0.05) is 29.8 Å². The van der Waals surface area contributed by atoms with E-state index in [1.165, 1.54) is 5.56 Å². The van der Waals surface area contributed by atoms with Crippen LogP contribution in [0.3, 0.4) is 0 Å². The summed E-state index contributed by atoms with van der Waals surface area (Å²) < 4.78 is 7.08. The molecule has 0 spiro atoms. The van der Waals surface area contributed by atoms with Crippen molar-refractivity contribution in [2.75, 3.05) is 0 Å². The van der Waals surface area contributed by atoms with Crippen LogP contribution in [0.15, 0.2) is 53.3 Å². The number of hydrogen-bond acceptors (Lipinski definition) is 5. The van der Waals surface area contributed by atoms with Crippen LogP contribution >= 0.6 is 0 Å². The van der Waals surface area contributed by atoms with Gasteiger partial charge in [-0.25, -0.2) is 9.50 Å². The fourth-order valence-corrected chi connectivity index (χ4v) is 3.43. The van der Waals surface area contributed by atoms with Crippen molar-refractivity contribution in [3.63, 3.8) is 0 Å². The summed E-state index contributed by atoms with van der Waals surface area (Å²) in [7, 11) is 0. The quantitative estimate of drug-likeness (QED) is 0.555. The first-order valence-corrected chi connectivity index (χ1v) is 8.57. The van der Waals surface area contributed by atoms with Gasteiger partial charge in [0.1, 0.15) is 5.76 Å². The Morgan fingerprint density at radius 3 is 2.73 bits per heavy atom. The van der Waals surface area contributed by atoms with Gasteiger partial charge >= 0.3 is 0 Å². The molecule has 0 N–H and O–H groups in total. The van der Waals surface area contributed by atoms with Crippen molar-refractivity contribution in [1.82, 2.24) is 19.6 Å². The zero-order chi connectivity index (χ0) is 17.7. The molecular weight excluding hydrogens is 328 g/mol. The Bertz CT molecular complexity index is 1110. The van der Waals surface area contributed by atoms with E-state index >= 15 is 0 Å². The van der Waals surface area contributed by atoms with Crippen molar-refractivity contribution in [2.45, 2.75) is 25.7 Å². The maximum atomic E-state index is 12.6. The van der Waals surface area contributed by atoms with Crippen molar-refractivity contribution in [2.24, 2.45) is 0 Å². The van der Waals surface area contributed by atoms with Crippen molar-refractivity contribution in [1.29, 1.82) is 0 Å². The standard InChI is InChI=1S/C20H16N4O2/c1-12-4-6-13(7-5-12)19-22-20-21-16-9-14(18-3-2-8-26-18)10-17(25)15(16)11-24(20)23-19/h2-8,11,14H,9-10H2,1H3/t14-/m1/s1. The van der Waals surface area contributed by atoms with Gasteiger partial charge in [-0.15, -0.1) is 5.10 Å². The summed E-state index contributed by atoms with van der Waals surface area (Å²) in [6.45, 7) is 2.04. The van der Waals surface area contributed by atoms with Crippen LogP contribution in [0.1, 0.15) is 39.7 Å². The number of nitrogens with zero attached hydrogens (tertiary/aromatic N) is 4. The topological polar surface area (TPSA) is 73.3 Å². The second-order valence-corrected chi connectivity index (χ2v) is 6.69. The monoisotopic (exact) mass is 344 g/mol. The molecule has 0 amide bonds. The summed E-state index contributed by atoms with van der Waals surface area (Å²) in [6.07, 6.45) is 4.48. The number of benzene rings is 1. The van der Waals surface area contributed by atoms with E-state index in [0.717, 1.165) is 17.0 Å². The molecule has 1 aliphatic rings. The van der Waals surface area contributed by atoms with Gasteiger partial charge in [0.25, 0.3) is 5.78 Å². The third kappa shape index (κ3) is 2.42. The Kier molecular flexibility index (Phi) is 3.25. The van der Waals surface area contributed by atoms with Gasteiger partial charge in [0.05, 0.1) is 17.5 Å². The van der Waals surface area contributed by atoms with E-state index in [2.05, 4.69) is 15.1 Å². The molecule has 3 aromatic heterocycles. The minimum absolute atomic E-state index is 0.0273. The highest BCUT2D eigenvalue weighted by atomic mass is 16.3. The maximum Gasteiger partial charge on any atom is 0.252 e. The average Bonchev–Trinajstić information content (AvgIpc) is 3.30. The molecule has 0 aliphatic heterocycles. The first kappa shape index (κ1) is 15.0. The van der Waals surface area contributed by atoms with Crippen LogP contribution in [0.4, 0.5) is 0 Å². The van der Waals surface area contributed by atoms with Gasteiger partial charge in [0.2, 0.25) is 0 Å². The van der Waals surface area contributed by atoms with Crippen molar-refractivity contribution >= 4 is 11.6 Å². The third-order valence-electron chi connectivity index (χ3n) is 4.84. The Balaban J connectivity index is 1.57. The summed E-state index contributed by atoms with van der Waals surface area (Å²) in [5, 5.41) is 4.50. The Morgan fingerprint density at radius 1 is 1.12 bits per heavy atom. The molecule has 6 nitrogen and oxygen atoms in total. The molecule has 0 fully saturated rings. The molecule has 6 heteroatoms. The van der Waals surface area contributed by atoms with E-state index in [9.17, 15) is 4.79 Å². The number of aromatic nitrogens is 4. The maximum absolute atomic E-state index is 12.6. The molecule has 4 aromatic rings. The number of carbonyl (C=O) groups excluding carboxylic acids is 1. The Hall–Kier alpha value is -3.28. The molecule has 0 bridgehead atoms. The molecule has 1 atom stereocenters. The van der Waals surface area contributed by atoms with Crippen LogP contribution in [-0.4, -0.2) is 25.4 Å². The van der Waals surface area contributed by atoms with Crippen LogP contribution < -0.4 is 0 Å². The van der Waals surface area contributed by atoms with Gasteiger partial charge in [-0.05, 0) is 19.1 Å². The average molecular weight is 344 g/mol. The van der Waals surface area contributed by atoms with Crippen LogP contribution in [0.2, 0.25) is 0 Å². The Labute approximate surface area is 149 Å². The molecule has 128 valence electrons. The predicted molar refractivity (Wildman–Crippen MR) is 95.1 cm³/mol. The highest BCUT2D eigenvalue weighted by Crippen LogP contribution is 2.32. The Morgan fingerprint density at radius 2 is 1.96 bits per heavy atom. The molecule has 0 unspecified atom stereocenters. The SMILES string of the molecule is Cc1ccc(-c2nc3nc4c(cn3n2)C(=O)C[C@H](c2ccco2)C4)cc1. The second-order valence-electron chi connectivity index (χ2n) is 6.69. The molecule has 0 radical (unpaired) electrons. The highest BCUT2D eigenvalue weighted by Gasteiger charge is 2.30. The zero-order valence-corrected chi connectivity index (χ0v) is 14.2. The van der Waals surface area contributed by atoms with E-state index in [4.69, 9.17) is 4.42 Å². The summed E-state index contributed by atoms with van der Waals surface area (Å²) in [4.78, 5) is 21.8. The van der Waals surface area contributed by atoms with Crippen LogP contribution in [0.5, 0.6) is 0 Å². The number of fused-ring (bicyclic) bond motifs is 2. The number of ketones is 1. The molecule has 3 heterocycles. The van der Waals surface area contributed by atoms with E-state index in [1.807, 2.05) is 43.3 Å². The molecule has 26 heavy (non-hydrogen) atoms. The van der Waals surface area contributed by atoms with Crippen LogP contribution in [-0.2, 0) is 6.42 Å². The summed E-state index contributed by atoms with van der Waals surface area (Å²) in [5.41, 5.74) is 3.50.